The predicted octanol–water partition coefficient (Wildman–Crippen LogP) is 3.84. The van der Waals surface area contributed by atoms with Crippen LogP contribution in [0.5, 0.6) is 0 Å². The molecule has 2 N–H and O–H groups in total. The molecule has 0 bridgehead atoms. The summed E-state index contributed by atoms with van der Waals surface area (Å²) in [5.74, 6) is -0.952. The van der Waals surface area contributed by atoms with E-state index in [1.807, 2.05) is 0 Å². The number of benzene rings is 2. The second kappa shape index (κ2) is 9.66. The van der Waals surface area contributed by atoms with Crippen LogP contribution >= 0.6 is 11.5 Å². The Morgan fingerprint density at radius 1 is 1.18 bits per heavy atom. The zero-order valence-corrected chi connectivity index (χ0v) is 21.6. The Hall–Kier alpha value is -3.95. The Morgan fingerprint density at radius 2 is 1.92 bits per heavy atom. The van der Waals surface area contributed by atoms with Crippen molar-refractivity contribution in [2.45, 2.75) is 36.9 Å². The SMILES string of the molecule is Cc1nc2cccc(N[S+](=O)([O-])c3csnc3-c3cccc(C(F)(F)F)c3)c2c(=O)n1C1CCC(=O)NC1=O. The van der Waals surface area contributed by atoms with Crippen LogP contribution in [-0.4, -0.2) is 30.3 Å². The van der Waals surface area contributed by atoms with Crippen molar-refractivity contribution >= 4 is 50.3 Å². The third kappa shape index (κ3) is 4.95. The molecule has 1 fully saturated rings. The number of fused-ring (bicyclic) bond motifs is 1. The standard InChI is InChI=1S/C24H18F3N5O5S2/c1-12-28-15-6-3-7-16(20(15)23(35)32(12)17-8-9-19(33)29-22(17)34)31-39(36,37)18-11-38-30-21(18)13-4-2-5-14(10-13)24(25,26)27/h2-7,10-11,17H,8-9H2,1H3,(H2-,29,31,33,34,35,36,37). The summed E-state index contributed by atoms with van der Waals surface area (Å²) in [5, 5.41) is 3.23. The molecular weight excluding hydrogens is 559 g/mol. The normalized spacial score (nSPS) is 17.6. The van der Waals surface area contributed by atoms with Gasteiger partial charge in [0.2, 0.25) is 16.7 Å². The molecule has 2 unspecified atom stereocenters. The van der Waals surface area contributed by atoms with Crippen molar-refractivity contribution in [3.8, 4) is 11.3 Å². The number of carbonyl (C=O) groups excluding carboxylic acids is 2. The van der Waals surface area contributed by atoms with Gasteiger partial charge in [0, 0.05) is 12.0 Å². The number of nitrogens with one attached hydrogen (secondary N) is 2. The number of hydrogen-bond acceptors (Lipinski definition) is 8. The molecule has 0 aliphatic carbocycles. The number of carbonyl (C=O) groups is 2. The Balaban J connectivity index is 1.58. The maximum atomic E-state index is 13.6. The molecule has 10 nitrogen and oxygen atoms in total. The highest BCUT2D eigenvalue weighted by atomic mass is 32.3. The Labute approximate surface area is 223 Å². The fourth-order valence-corrected chi connectivity index (χ4v) is 6.64. The minimum absolute atomic E-state index is 0.0120. The maximum absolute atomic E-state index is 13.6. The number of hydrogen-bond donors (Lipinski definition) is 2. The fraction of sp³-hybridized carbons (Fsp3) is 0.208. The van der Waals surface area contributed by atoms with Crippen LogP contribution in [0.1, 0.15) is 30.3 Å². The monoisotopic (exact) mass is 577 g/mol. The van der Waals surface area contributed by atoms with E-state index in [9.17, 15) is 36.3 Å². The summed E-state index contributed by atoms with van der Waals surface area (Å²) in [6.07, 6.45) is -4.56. The second-order valence-electron chi connectivity index (χ2n) is 8.71. The summed E-state index contributed by atoms with van der Waals surface area (Å²) >= 11 is 0.742. The van der Waals surface area contributed by atoms with Crippen LogP contribution in [-0.2, 0) is 30.4 Å². The molecule has 2 aromatic heterocycles. The summed E-state index contributed by atoms with van der Waals surface area (Å²) < 4.78 is 74.0. The summed E-state index contributed by atoms with van der Waals surface area (Å²) in [5.41, 5.74) is -1.90. The number of anilines is 1. The van der Waals surface area contributed by atoms with Gasteiger partial charge in [0.05, 0.1) is 27.5 Å². The maximum Gasteiger partial charge on any atom is 0.416 e. The first-order valence-electron chi connectivity index (χ1n) is 11.4. The molecule has 4 aromatic rings. The van der Waals surface area contributed by atoms with E-state index in [2.05, 4.69) is 19.4 Å². The average molecular weight is 578 g/mol. The van der Waals surface area contributed by atoms with E-state index in [0.717, 1.165) is 34.3 Å². The lowest BCUT2D eigenvalue weighted by Crippen LogP contribution is -2.45. The first kappa shape index (κ1) is 26.6. The van der Waals surface area contributed by atoms with Crippen LogP contribution in [0.2, 0.25) is 0 Å². The summed E-state index contributed by atoms with van der Waals surface area (Å²) in [6, 6.07) is 7.41. The molecule has 2 amide bonds. The zero-order chi connectivity index (χ0) is 28.1. The summed E-state index contributed by atoms with van der Waals surface area (Å²) in [4.78, 5) is 41.6. The van der Waals surface area contributed by atoms with Gasteiger partial charge in [-0.3, -0.25) is 24.3 Å². The molecule has 0 radical (unpaired) electrons. The highest BCUT2D eigenvalue weighted by Gasteiger charge is 2.34. The number of aryl methyl sites for hydroxylation is 1. The smallest absolute Gasteiger partial charge is 0.416 e. The van der Waals surface area contributed by atoms with Crippen LogP contribution in [0, 0.1) is 6.92 Å². The first-order valence-corrected chi connectivity index (χ1v) is 13.7. The van der Waals surface area contributed by atoms with Crippen molar-refractivity contribution in [2.24, 2.45) is 0 Å². The Morgan fingerprint density at radius 3 is 2.64 bits per heavy atom. The van der Waals surface area contributed by atoms with Gasteiger partial charge in [-0.1, -0.05) is 22.4 Å². The largest absolute Gasteiger partial charge is 0.588 e. The minimum atomic E-state index is -4.64. The molecule has 2 aromatic carbocycles. The van der Waals surface area contributed by atoms with Crippen LogP contribution in [0.15, 0.2) is 57.5 Å². The lowest BCUT2D eigenvalue weighted by Gasteiger charge is -2.25. The van der Waals surface area contributed by atoms with E-state index < -0.39 is 45.6 Å². The number of halogens is 3. The number of amides is 2. The van der Waals surface area contributed by atoms with Crippen molar-refractivity contribution in [1.82, 2.24) is 19.2 Å². The van der Waals surface area contributed by atoms with E-state index in [1.54, 1.807) is 0 Å². The van der Waals surface area contributed by atoms with E-state index in [-0.39, 0.29) is 51.4 Å². The molecule has 1 aliphatic heterocycles. The quantitative estimate of drug-likeness (QED) is 0.271. The lowest BCUT2D eigenvalue weighted by atomic mass is 10.1. The summed E-state index contributed by atoms with van der Waals surface area (Å²) in [6.45, 7) is 1.51. The van der Waals surface area contributed by atoms with Crippen molar-refractivity contribution in [2.75, 3.05) is 4.72 Å². The van der Waals surface area contributed by atoms with Gasteiger partial charge >= 0.3 is 6.18 Å². The van der Waals surface area contributed by atoms with Crippen LogP contribution in [0.4, 0.5) is 18.9 Å². The number of sulfonamides is 1. The van der Waals surface area contributed by atoms with Gasteiger partial charge in [-0.25, -0.2) is 9.71 Å². The Bertz CT molecular complexity index is 1750. The minimum Gasteiger partial charge on any atom is -0.588 e. The lowest BCUT2D eigenvalue weighted by molar-refractivity contribution is -0.138. The number of nitrogens with zero attached hydrogens (tertiary/aromatic N) is 3. The molecule has 3 heterocycles. The molecule has 0 saturated carbocycles. The first-order chi connectivity index (χ1) is 18.4. The van der Waals surface area contributed by atoms with Gasteiger partial charge < -0.3 is 4.55 Å². The van der Waals surface area contributed by atoms with Gasteiger partial charge in [0.25, 0.3) is 5.56 Å². The molecule has 5 rings (SSSR count). The van der Waals surface area contributed by atoms with Gasteiger partial charge in [0.1, 0.15) is 17.6 Å². The molecule has 15 heteroatoms. The third-order valence-electron chi connectivity index (χ3n) is 6.16. The van der Waals surface area contributed by atoms with Gasteiger partial charge in [-0.05, 0) is 49.1 Å². The van der Waals surface area contributed by atoms with Crippen LogP contribution in [0.3, 0.4) is 0 Å². The fourth-order valence-electron chi connectivity index (χ4n) is 4.39. The van der Waals surface area contributed by atoms with Gasteiger partial charge in [0.15, 0.2) is 10.4 Å². The van der Waals surface area contributed by atoms with Crippen molar-refractivity contribution in [3.63, 3.8) is 0 Å². The average Bonchev–Trinajstić information content (AvgIpc) is 3.36. The van der Waals surface area contributed by atoms with Crippen LogP contribution < -0.4 is 15.6 Å². The van der Waals surface area contributed by atoms with Crippen molar-refractivity contribution in [3.05, 3.63) is 69.6 Å². The van der Waals surface area contributed by atoms with Gasteiger partial charge in [-0.2, -0.15) is 17.5 Å². The number of imide groups is 1. The van der Waals surface area contributed by atoms with E-state index in [1.165, 1.54) is 36.6 Å². The number of alkyl halides is 3. The zero-order valence-electron chi connectivity index (χ0n) is 19.9. The highest BCUT2D eigenvalue weighted by molar-refractivity contribution is 7.99. The number of aromatic nitrogens is 3. The Kier molecular flexibility index (Phi) is 6.60. The molecule has 2 atom stereocenters. The van der Waals surface area contributed by atoms with E-state index >= 15 is 0 Å². The number of piperidine rings is 1. The molecule has 1 aliphatic rings. The predicted molar refractivity (Wildman–Crippen MR) is 135 cm³/mol. The van der Waals surface area contributed by atoms with Gasteiger partial charge in [-0.15, -0.1) is 0 Å². The van der Waals surface area contributed by atoms with Crippen molar-refractivity contribution in [1.29, 1.82) is 0 Å². The third-order valence-corrected chi connectivity index (χ3v) is 8.32. The summed E-state index contributed by atoms with van der Waals surface area (Å²) in [7, 11) is -4.45. The highest BCUT2D eigenvalue weighted by Crippen LogP contribution is 2.36. The van der Waals surface area contributed by atoms with Crippen molar-refractivity contribution < 1.29 is 31.5 Å². The molecule has 202 valence electrons. The molecular formula is C24H18F3N5O5S2. The topological polar surface area (TPSA) is 146 Å². The van der Waals surface area contributed by atoms with E-state index in [4.69, 9.17) is 0 Å². The number of rotatable bonds is 5. The molecule has 39 heavy (non-hydrogen) atoms. The second-order valence-corrected chi connectivity index (χ2v) is 11.0. The van der Waals surface area contributed by atoms with E-state index in [0.29, 0.717) is 0 Å². The van der Waals surface area contributed by atoms with Crippen LogP contribution in [0.25, 0.3) is 22.2 Å². The molecule has 1 saturated heterocycles. The molecule has 0 spiro atoms.